The Bertz CT molecular complexity index is 940. The van der Waals surface area contributed by atoms with Crippen LogP contribution >= 0.6 is 0 Å². The van der Waals surface area contributed by atoms with Crippen LogP contribution in [0.5, 0.6) is 0 Å². The van der Waals surface area contributed by atoms with Gasteiger partial charge in [0.1, 0.15) is 11.6 Å². The van der Waals surface area contributed by atoms with E-state index in [0.29, 0.717) is 5.57 Å². The largest absolute Gasteiger partial charge is 0.394 e. The molecule has 3 N–H and O–H groups in total. The van der Waals surface area contributed by atoms with Crippen molar-refractivity contribution in [3.05, 3.63) is 47.5 Å². The molecule has 1 heterocycles. The molecule has 146 valence electrons. The molecule has 6 nitrogen and oxygen atoms in total. The molecule has 0 bridgehead atoms. The maximum atomic E-state index is 12.5. The van der Waals surface area contributed by atoms with Gasteiger partial charge in [-0.2, -0.15) is 5.26 Å². The summed E-state index contributed by atoms with van der Waals surface area (Å²) in [6.45, 7) is 3.12. The number of aliphatic hydroxyl groups excluding tert-OH is 2. The quantitative estimate of drug-likeness (QED) is 0.528. The molecule has 1 unspecified atom stereocenters. The smallest absolute Gasteiger partial charge is 0.262 e. The first-order chi connectivity index (χ1) is 13.6. The van der Waals surface area contributed by atoms with Crippen LogP contribution in [-0.2, 0) is 4.79 Å². The summed E-state index contributed by atoms with van der Waals surface area (Å²) < 4.78 is 0. The molecule has 0 aromatic heterocycles. The summed E-state index contributed by atoms with van der Waals surface area (Å²) in [5, 5.41) is 32.7. The number of benzene rings is 2. The first-order valence-corrected chi connectivity index (χ1v) is 9.52. The second-order valence-electron chi connectivity index (χ2n) is 7.04. The summed E-state index contributed by atoms with van der Waals surface area (Å²) in [5.74, 6) is -0.548. The van der Waals surface area contributed by atoms with Crippen molar-refractivity contribution >= 4 is 27.9 Å². The van der Waals surface area contributed by atoms with E-state index < -0.39 is 18.6 Å². The van der Waals surface area contributed by atoms with Gasteiger partial charge in [-0.25, -0.2) is 0 Å². The summed E-state index contributed by atoms with van der Waals surface area (Å²) in [6.07, 6.45) is 1.19. The number of nitriles is 1. The topological polar surface area (TPSA) is 96.6 Å². The van der Waals surface area contributed by atoms with Gasteiger partial charge in [0.2, 0.25) is 0 Å². The fourth-order valence-electron chi connectivity index (χ4n) is 3.64. The van der Waals surface area contributed by atoms with Crippen LogP contribution in [0, 0.1) is 11.3 Å². The molecule has 28 heavy (non-hydrogen) atoms. The van der Waals surface area contributed by atoms with E-state index in [4.69, 9.17) is 5.11 Å². The highest BCUT2D eigenvalue weighted by Gasteiger charge is 2.22. The van der Waals surface area contributed by atoms with Crippen molar-refractivity contribution in [1.82, 2.24) is 5.32 Å². The number of carbonyl (C=O) groups is 1. The Balaban J connectivity index is 2.07. The molecule has 0 saturated carbocycles. The van der Waals surface area contributed by atoms with Crippen LogP contribution in [0.1, 0.15) is 25.3 Å². The molecular weight excluding hydrogens is 354 g/mol. The maximum absolute atomic E-state index is 12.5. The molecule has 2 aromatic carbocycles. The fraction of sp³-hybridized carbons (Fsp3) is 0.364. The average molecular weight is 379 g/mol. The van der Waals surface area contributed by atoms with Gasteiger partial charge in [-0.15, -0.1) is 0 Å². The minimum atomic E-state index is -1.05. The highest BCUT2D eigenvalue weighted by Crippen LogP contribution is 2.37. The highest BCUT2D eigenvalue weighted by atomic mass is 16.3. The number of hydrogen-bond donors (Lipinski definition) is 3. The van der Waals surface area contributed by atoms with Gasteiger partial charge in [-0.3, -0.25) is 4.79 Å². The second-order valence-corrected chi connectivity index (χ2v) is 7.04. The van der Waals surface area contributed by atoms with E-state index in [0.717, 1.165) is 48.0 Å². The molecule has 2 aromatic rings. The Labute approximate surface area is 164 Å². The molecule has 1 fully saturated rings. The predicted octanol–water partition coefficient (Wildman–Crippen LogP) is 2.21. The number of fused-ring (bicyclic) bond motifs is 1. The van der Waals surface area contributed by atoms with E-state index in [1.54, 1.807) is 6.92 Å². The lowest BCUT2D eigenvalue weighted by Crippen LogP contribution is -2.34. The van der Waals surface area contributed by atoms with E-state index in [9.17, 15) is 15.2 Å². The molecule has 1 saturated heterocycles. The summed E-state index contributed by atoms with van der Waals surface area (Å²) in [5.41, 5.74) is 2.55. The zero-order chi connectivity index (χ0) is 20.1. The monoisotopic (exact) mass is 379 g/mol. The van der Waals surface area contributed by atoms with Gasteiger partial charge < -0.3 is 20.4 Å². The van der Waals surface area contributed by atoms with Crippen molar-refractivity contribution < 1.29 is 15.0 Å². The molecule has 1 amide bonds. The molecule has 1 aliphatic rings. The molecular formula is C22H25N3O3. The first-order valence-electron chi connectivity index (χ1n) is 9.52. The minimum absolute atomic E-state index is 0.0147. The zero-order valence-corrected chi connectivity index (χ0v) is 16.0. The summed E-state index contributed by atoms with van der Waals surface area (Å²) in [4.78, 5) is 14.8. The Hall–Kier alpha value is -2.88. The Kier molecular flexibility index (Phi) is 6.30. The van der Waals surface area contributed by atoms with Crippen molar-refractivity contribution in [3.8, 4) is 6.07 Å². The lowest BCUT2D eigenvalue weighted by atomic mass is 9.95. The second kappa shape index (κ2) is 8.87. The number of hydrogen-bond acceptors (Lipinski definition) is 5. The molecule has 0 aliphatic carbocycles. The number of carbonyl (C=O) groups excluding carboxylic acids is 1. The molecule has 0 spiro atoms. The molecule has 6 heteroatoms. The van der Waals surface area contributed by atoms with Gasteiger partial charge in [-0.1, -0.05) is 36.4 Å². The average Bonchev–Trinajstić information content (AvgIpc) is 3.25. The van der Waals surface area contributed by atoms with Crippen molar-refractivity contribution in [2.45, 2.75) is 25.9 Å². The third-order valence-corrected chi connectivity index (χ3v) is 5.15. The standard InChI is InChI=1S/C22H25N3O3/c1-15(20(12-23)22(28)24-13-17(27)14-26)18-9-8-16-6-2-3-7-19(16)21(18)25-10-4-5-11-25/h2-3,6-9,17,26-27H,4-5,10-11,13-14H2,1H3,(H,24,28)/b20-15+. The van der Waals surface area contributed by atoms with Crippen LogP contribution in [-0.4, -0.2) is 48.5 Å². The zero-order valence-electron chi connectivity index (χ0n) is 16.0. The predicted molar refractivity (Wildman–Crippen MR) is 110 cm³/mol. The SMILES string of the molecule is C/C(=C(/C#N)C(=O)NCC(O)CO)c1ccc2ccccc2c1N1CCCC1. The summed E-state index contributed by atoms with van der Waals surface area (Å²) in [7, 11) is 0. The van der Waals surface area contributed by atoms with Crippen LogP contribution in [0.2, 0.25) is 0 Å². The van der Waals surface area contributed by atoms with Gasteiger partial charge in [0.05, 0.1) is 18.4 Å². The van der Waals surface area contributed by atoms with Crippen LogP contribution in [0.3, 0.4) is 0 Å². The van der Waals surface area contributed by atoms with Gasteiger partial charge in [0.15, 0.2) is 0 Å². The van der Waals surface area contributed by atoms with Crippen molar-refractivity contribution in [2.75, 3.05) is 31.1 Å². The number of nitrogens with zero attached hydrogens (tertiary/aromatic N) is 2. The fourth-order valence-corrected chi connectivity index (χ4v) is 3.64. The number of anilines is 1. The number of allylic oxidation sites excluding steroid dienone is 1. The third kappa shape index (κ3) is 4.01. The van der Waals surface area contributed by atoms with E-state index in [2.05, 4.69) is 22.3 Å². The Morgan fingerprint density at radius 2 is 1.96 bits per heavy atom. The Morgan fingerprint density at radius 1 is 1.25 bits per heavy atom. The number of aliphatic hydroxyl groups is 2. The molecule has 1 aliphatic heterocycles. The normalized spacial score (nSPS) is 15.9. The van der Waals surface area contributed by atoms with E-state index in [1.807, 2.05) is 30.3 Å². The van der Waals surface area contributed by atoms with Crippen molar-refractivity contribution in [2.24, 2.45) is 0 Å². The number of nitrogens with one attached hydrogen (secondary N) is 1. The maximum Gasteiger partial charge on any atom is 0.262 e. The van der Waals surface area contributed by atoms with Crippen molar-refractivity contribution in [1.29, 1.82) is 5.26 Å². The van der Waals surface area contributed by atoms with E-state index in [-0.39, 0.29) is 12.1 Å². The Morgan fingerprint density at radius 3 is 2.64 bits per heavy atom. The lowest BCUT2D eigenvalue weighted by molar-refractivity contribution is -0.117. The minimum Gasteiger partial charge on any atom is -0.394 e. The van der Waals surface area contributed by atoms with Gasteiger partial charge in [0.25, 0.3) is 5.91 Å². The first kappa shape index (κ1) is 19.9. The summed E-state index contributed by atoms with van der Waals surface area (Å²) >= 11 is 0. The van der Waals surface area contributed by atoms with Crippen LogP contribution in [0.15, 0.2) is 42.0 Å². The third-order valence-electron chi connectivity index (χ3n) is 5.15. The lowest BCUT2D eigenvalue weighted by Gasteiger charge is -2.24. The summed E-state index contributed by atoms with van der Waals surface area (Å²) in [6, 6.07) is 14.1. The van der Waals surface area contributed by atoms with Crippen LogP contribution in [0.25, 0.3) is 16.3 Å². The van der Waals surface area contributed by atoms with Gasteiger partial charge in [0, 0.05) is 30.6 Å². The molecule has 1 atom stereocenters. The van der Waals surface area contributed by atoms with Crippen LogP contribution in [0.4, 0.5) is 5.69 Å². The molecule has 0 radical (unpaired) electrons. The van der Waals surface area contributed by atoms with E-state index >= 15 is 0 Å². The molecule has 3 rings (SSSR count). The van der Waals surface area contributed by atoms with Crippen molar-refractivity contribution in [3.63, 3.8) is 0 Å². The highest BCUT2D eigenvalue weighted by molar-refractivity contribution is 6.08. The number of rotatable bonds is 6. The van der Waals surface area contributed by atoms with Crippen LogP contribution < -0.4 is 10.2 Å². The van der Waals surface area contributed by atoms with E-state index in [1.165, 1.54) is 0 Å². The van der Waals surface area contributed by atoms with Gasteiger partial charge >= 0.3 is 0 Å². The number of amides is 1. The van der Waals surface area contributed by atoms with Gasteiger partial charge in [-0.05, 0) is 30.7 Å².